The number of carbonyl (C=O) groups is 1. The number of aliphatic hydroxyl groups is 1. The van der Waals surface area contributed by atoms with Crippen LogP contribution >= 0.6 is 0 Å². The van der Waals surface area contributed by atoms with Gasteiger partial charge in [0.2, 0.25) is 5.91 Å². The van der Waals surface area contributed by atoms with E-state index in [0.29, 0.717) is 11.7 Å². The summed E-state index contributed by atoms with van der Waals surface area (Å²) >= 11 is 0. The minimum Gasteiger partial charge on any atom is -0.388 e. The minimum atomic E-state index is -0.163. The van der Waals surface area contributed by atoms with Crippen LogP contribution in [0.5, 0.6) is 0 Å². The SMILES string of the molecule is Cc1cc(NC2CCN(C(=O)C3(C)CCCC3)C2)nc(CO)n1. The Kier molecular flexibility index (Phi) is 4.53. The van der Waals surface area contributed by atoms with Crippen molar-refractivity contribution >= 4 is 11.7 Å². The summed E-state index contributed by atoms with van der Waals surface area (Å²) in [5, 5.41) is 12.6. The first-order chi connectivity index (χ1) is 11.0. The lowest BCUT2D eigenvalue weighted by Gasteiger charge is -2.28. The van der Waals surface area contributed by atoms with E-state index in [1.807, 2.05) is 17.9 Å². The summed E-state index contributed by atoms with van der Waals surface area (Å²) in [7, 11) is 0. The lowest BCUT2D eigenvalue weighted by atomic mass is 9.87. The fourth-order valence-corrected chi connectivity index (χ4v) is 3.80. The van der Waals surface area contributed by atoms with Crippen LogP contribution in [0.1, 0.15) is 50.5 Å². The van der Waals surface area contributed by atoms with E-state index in [9.17, 15) is 9.90 Å². The third kappa shape index (κ3) is 3.47. The average Bonchev–Trinajstić information content (AvgIpc) is 3.16. The molecular weight excluding hydrogens is 292 g/mol. The Balaban J connectivity index is 1.62. The van der Waals surface area contributed by atoms with E-state index >= 15 is 0 Å². The van der Waals surface area contributed by atoms with Crippen LogP contribution in [0, 0.1) is 12.3 Å². The number of nitrogens with one attached hydrogen (secondary N) is 1. The van der Waals surface area contributed by atoms with Crippen LogP contribution < -0.4 is 5.32 Å². The van der Waals surface area contributed by atoms with Gasteiger partial charge in [-0.2, -0.15) is 0 Å². The molecule has 126 valence electrons. The van der Waals surface area contributed by atoms with Gasteiger partial charge in [0.25, 0.3) is 0 Å². The molecule has 1 aliphatic heterocycles. The molecule has 0 spiro atoms. The monoisotopic (exact) mass is 318 g/mol. The van der Waals surface area contributed by atoms with Crippen molar-refractivity contribution in [2.75, 3.05) is 18.4 Å². The second-order valence-corrected chi connectivity index (χ2v) is 7.12. The summed E-state index contributed by atoms with van der Waals surface area (Å²) in [6, 6.07) is 2.09. The molecule has 0 radical (unpaired) electrons. The molecule has 6 heteroatoms. The fourth-order valence-electron chi connectivity index (χ4n) is 3.80. The molecular formula is C17H26N4O2. The maximum atomic E-state index is 12.8. The molecule has 1 atom stereocenters. The van der Waals surface area contributed by atoms with Crippen LogP contribution in [0.4, 0.5) is 5.82 Å². The molecule has 1 unspecified atom stereocenters. The molecule has 1 aromatic rings. The average molecular weight is 318 g/mol. The van der Waals surface area contributed by atoms with Crippen LogP contribution in [0.2, 0.25) is 0 Å². The summed E-state index contributed by atoms with van der Waals surface area (Å²) in [6.07, 6.45) is 5.31. The number of hydrogen-bond donors (Lipinski definition) is 2. The summed E-state index contributed by atoms with van der Waals surface area (Å²) < 4.78 is 0. The quantitative estimate of drug-likeness (QED) is 0.886. The van der Waals surface area contributed by atoms with Gasteiger partial charge < -0.3 is 15.3 Å². The van der Waals surface area contributed by atoms with E-state index in [1.54, 1.807) is 0 Å². The zero-order chi connectivity index (χ0) is 16.4. The zero-order valence-electron chi connectivity index (χ0n) is 14.0. The van der Waals surface area contributed by atoms with Crippen LogP contribution in [-0.4, -0.2) is 45.0 Å². The third-order valence-electron chi connectivity index (χ3n) is 5.09. The lowest BCUT2D eigenvalue weighted by Crippen LogP contribution is -2.40. The highest BCUT2D eigenvalue weighted by Crippen LogP contribution is 2.39. The summed E-state index contributed by atoms with van der Waals surface area (Å²) in [5.41, 5.74) is 0.681. The maximum Gasteiger partial charge on any atom is 0.228 e. The van der Waals surface area contributed by atoms with Crippen molar-refractivity contribution in [1.29, 1.82) is 0 Å². The molecule has 2 aliphatic rings. The van der Waals surface area contributed by atoms with Crippen LogP contribution in [0.15, 0.2) is 6.07 Å². The Morgan fingerprint density at radius 3 is 2.87 bits per heavy atom. The molecule has 2 fully saturated rings. The predicted octanol–water partition coefficient (Wildman–Crippen LogP) is 1.87. The Morgan fingerprint density at radius 1 is 1.43 bits per heavy atom. The Labute approximate surface area is 137 Å². The zero-order valence-corrected chi connectivity index (χ0v) is 14.0. The third-order valence-corrected chi connectivity index (χ3v) is 5.09. The largest absolute Gasteiger partial charge is 0.388 e. The number of amides is 1. The number of aliphatic hydroxyl groups excluding tert-OH is 1. The van der Waals surface area contributed by atoms with Gasteiger partial charge in [-0.15, -0.1) is 0 Å². The van der Waals surface area contributed by atoms with Gasteiger partial charge in [0, 0.05) is 36.3 Å². The Morgan fingerprint density at radius 2 is 2.17 bits per heavy atom. The van der Waals surface area contributed by atoms with E-state index in [-0.39, 0.29) is 18.1 Å². The summed E-state index contributed by atoms with van der Waals surface area (Å²) in [4.78, 5) is 23.2. The van der Waals surface area contributed by atoms with Gasteiger partial charge in [-0.05, 0) is 26.2 Å². The number of nitrogens with zero attached hydrogens (tertiary/aromatic N) is 3. The van der Waals surface area contributed by atoms with Gasteiger partial charge >= 0.3 is 0 Å². The molecule has 1 saturated carbocycles. The van der Waals surface area contributed by atoms with E-state index < -0.39 is 0 Å². The first kappa shape index (κ1) is 16.2. The lowest BCUT2D eigenvalue weighted by molar-refractivity contribution is -0.139. The van der Waals surface area contributed by atoms with Crippen molar-refractivity contribution in [1.82, 2.24) is 14.9 Å². The van der Waals surface area contributed by atoms with Crippen molar-refractivity contribution < 1.29 is 9.90 Å². The first-order valence-corrected chi connectivity index (χ1v) is 8.51. The van der Waals surface area contributed by atoms with E-state index in [0.717, 1.165) is 43.9 Å². The van der Waals surface area contributed by atoms with Gasteiger partial charge in [-0.1, -0.05) is 19.8 Å². The molecule has 0 aromatic carbocycles. The smallest absolute Gasteiger partial charge is 0.228 e. The standard InChI is InChI=1S/C17H26N4O2/c1-12-9-14(20-15(11-22)18-12)19-13-5-8-21(10-13)16(23)17(2)6-3-4-7-17/h9,13,22H,3-8,10-11H2,1-2H3,(H,18,19,20). The van der Waals surface area contributed by atoms with Crippen molar-refractivity contribution in [3.8, 4) is 0 Å². The fraction of sp³-hybridized carbons (Fsp3) is 0.706. The topological polar surface area (TPSA) is 78.4 Å². The second kappa shape index (κ2) is 6.43. The Hall–Kier alpha value is -1.69. The molecule has 1 aliphatic carbocycles. The molecule has 1 amide bonds. The molecule has 1 saturated heterocycles. The highest BCUT2D eigenvalue weighted by molar-refractivity contribution is 5.83. The highest BCUT2D eigenvalue weighted by Gasteiger charge is 2.41. The van der Waals surface area contributed by atoms with Gasteiger partial charge in [-0.25, -0.2) is 9.97 Å². The number of hydrogen-bond acceptors (Lipinski definition) is 5. The first-order valence-electron chi connectivity index (χ1n) is 8.51. The number of anilines is 1. The number of aromatic nitrogens is 2. The van der Waals surface area contributed by atoms with Gasteiger partial charge in [0.1, 0.15) is 12.4 Å². The predicted molar refractivity (Wildman–Crippen MR) is 87.9 cm³/mol. The molecule has 6 nitrogen and oxygen atoms in total. The van der Waals surface area contributed by atoms with Crippen LogP contribution in [0.25, 0.3) is 0 Å². The second-order valence-electron chi connectivity index (χ2n) is 7.12. The number of carbonyl (C=O) groups excluding carboxylic acids is 1. The number of likely N-dealkylation sites (tertiary alicyclic amines) is 1. The van der Waals surface area contributed by atoms with Crippen molar-refractivity contribution in [2.45, 2.75) is 58.6 Å². The van der Waals surface area contributed by atoms with Crippen molar-refractivity contribution in [3.05, 3.63) is 17.6 Å². The molecule has 0 bridgehead atoms. The van der Waals surface area contributed by atoms with E-state index in [1.165, 1.54) is 12.8 Å². The molecule has 3 rings (SSSR count). The van der Waals surface area contributed by atoms with E-state index in [4.69, 9.17) is 0 Å². The van der Waals surface area contributed by atoms with Crippen molar-refractivity contribution in [3.63, 3.8) is 0 Å². The minimum absolute atomic E-state index is 0.148. The highest BCUT2D eigenvalue weighted by atomic mass is 16.3. The molecule has 2 heterocycles. The molecule has 2 N–H and O–H groups in total. The van der Waals surface area contributed by atoms with Gasteiger partial charge in [0.05, 0.1) is 0 Å². The molecule has 23 heavy (non-hydrogen) atoms. The molecule has 1 aromatic heterocycles. The van der Waals surface area contributed by atoms with E-state index in [2.05, 4.69) is 22.2 Å². The van der Waals surface area contributed by atoms with Crippen LogP contribution in [0.3, 0.4) is 0 Å². The number of rotatable bonds is 4. The normalized spacial score (nSPS) is 23.3. The van der Waals surface area contributed by atoms with Gasteiger partial charge in [0.15, 0.2) is 5.82 Å². The summed E-state index contributed by atoms with van der Waals surface area (Å²) in [6.45, 7) is 5.38. The summed E-state index contributed by atoms with van der Waals surface area (Å²) in [5.74, 6) is 1.47. The van der Waals surface area contributed by atoms with Crippen LogP contribution in [-0.2, 0) is 11.4 Å². The van der Waals surface area contributed by atoms with Gasteiger partial charge in [-0.3, -0.25) is 4.79 Å². The Bertz CT molecular complexity index is 584. The number of aryl methyl sites for hydroxylation is 1. The maximum absolute atomic E-state index is 12.8. The van der Waals surface area contributed by atoms with Crippen molar-refractivity contribution in [2.24, 2.45) is 5.41 Å².